The molecule has 0 amide bonds. The molecule has 0 saturated carbocycles. The Morgan fingerprint density at radius 3 is 1.96 bits per heavy atom. The molecule has 3 nitrogen and oxygen atoms in total. The van der Waals surface area contributed by atoms with Crippen LogP contribution in [-0.2, 0) is 9.53 Å². The van der Waals surface area contributed by atoms with Crippen LogP contribution in [0.4, 0.5) is 0 Å². The minimum atomic E-state index is -0.272. The molecule has 4 rings (SSSR count). The average Bonchev–Trinajstić information content (AvgIpc) is 3.45. The summed E-state index contributed by atoms with van der Waals surface area (Å²) in [5.74, 6) is -0.146. The first-order valence-electron chi connectivity index (χ1n) is 9.82. The predicted molar refractivity (Wildman–Crippen MR) is 111 cm³/mol. The molecule has 0 spiro atoms. The second-order valence-corrected chi connectivity index (χ2v) is 7.17. The van der Waals surface area contributed by atoms with Crippen molar-refractivity contribution in [1.29, 1.82) is 0 Å². The first-order valence-corrected chi connectivity index (χ1v) is 9.82. The van der Waals surface area contributed by atoms with E-state index in [4.69, 9.17) is 4.74 Å². The number of aryl methyl sites for hydroxylation is 1. The fraction of sp³-hybridized carbons (Fsp3) is 0.240. The van der Waals surface area contributed by atoms with Crippen LogP contribution in [0.2, 0.25) is 0 Å². The molecule has 0 aliphatic carbocycles. The van der Waals surface area contributed by atoms with Gasteiger partial charge in [-0.15, -0.1) is 0 Å². The molecule has 142 valence electrons. The largest absolute Gasteiger partial charge is 0.465 e. The number of nitrogens with zero attached hydrogens (tertiary/aromatic N) is 1. The van der Waals surface area contributed by atoms with Gasteiger partial charge in [-0.3, -0.25) is 9.69 Å². The second-order valence-electron chi connectivity index (χ2n) is 7.17. The van der Waals surface area contributed by atoms with Crippen LogP contribution < -0.4 is 0 Å². The van der Waals surface area contributed by atoms with Gasteiger partial charge in [0.2, 0.25) is 0 Å². The summed E-state index contributed by atoms with van der Waals surface area (Å²) in [6.45, 7) is 4.36. The molecule has 3 aromatic rings. The summed E-state index contributed by atoms with van der Waals surface area (Å²) < 4.78 is 5.43. The number of esters is 1. The zero-order chi connectivity index (χ0) is 19.5. The van der Waals surface area contributed by atoms with E-state index in [0.717, 1.165) is 0 Å². The van der Waals surface area contributed by atoms with Gasteiger partial charge in [-0.05, 0) is 36.1 Å². The number of rotatable bonds is 6. The van der Waals surface area contributed by atoms with Crippen LogP contribution in [0, 0.1) is 6.92 Å². The fourth-order valence-corrected chi connectivity index (χ4v) is 4.10. The summed E-state index contributed by atoms with van der Waals surface area (Å²) >= 11 is 0. The number of carbonyl (C=O) groups excluding carboxylic acids is 1. The van der Waals surface area contributed by atoms with Crippen LogP contribution in [0.15, 0.2) is 84.9 Å². The Hall–Kier alpha value is -2.91. The average molecular weight is 371 g/mol. The molecule has 1 heterocycles. The van der Waals surface area contributed by atoms with Gasteiger partial charge in [-0.25, -0.2) is 0 Å². The van der Waals surface area contributed by atoms with E-state index in [1.165, 1.54) is 22.3 Å². The van der Waals surface area contributed by atoms with E-state index in [-0.39, 0.29) is 24.1 Å². The molecule has 1 unspecified atom stereocenters. The molecule has 1 fully saturated rings. The van der Waals surface area contributed by atoms with Gasteiger partial charge in [0, 0.05) is 0 Å². The van der Waals surface area contributed by atoms with Crippen molar-refractivity contribution in [2.75, 3.05) is 6.61 Å². The number of hydrogen-bond donors (Lipinski definition) is 0. The van der Waals surface area contributed by atoms with Gasteiger partial charge in [0.1, 0.15) is 6.04 Å². The third-order valence-corrected chi connectivity index (χ3v) is 5.42. The van der Waals surface area contributed by atoms with Crippen LogP contribution in [0.5, 0.6) is 0 Å². The molecule has 3 heteroatoms. The molecular weight excluding hydrogens is 346 g/mol. The third-order valence-electron chi connectivity index (χ3n) is 5.42. The lowest BCUT2D eigenvalue weighted by atomic mass is 9.98. The summed E-state index contributed by atoms with van der Waals surface area (Å²) in [5, 5.41) is 0. The smallest absolute Gasteiger partial charge is 0.325 e. The Kier molecular flexibility index (Phi) is 5.27. The maximum absolute atomic E-state index is 12.8. The number of ether oxygens (including phenoxy) is 1. The molecule has 1 saturated heterocycles. The van der Waals surface area contributed by atoms with Gasteiger partial charge >= 0.3 is 5.97 Å². The Morgan fingerprint density at radius 2 is 1.43 bits per heavy atom. The Bertz CT molecular complexity index is 900. The number of carbonyl (C=O) groups is 1. The van der Waals surface area contributed by atoms with Gasteiger partial charge in [0.05, 0.1) is 18.7 Å². The lowest BCUT2D eigenvalue weighted by Crippen LogP contribution is -2.20. The highest BCUT2D eigenvalue weighted by molar-refractivity contribution is 5.81. The normalized spacial score (nSPS) is 20.8. The Balaban J connectivity index is 1.79. The fourth-order valence-electron chi connectivity index (χ4n) is 4.10. The molecule has 0 N–H and O–H groups in total. The lowest BCUT2D eigenvalue weighted by Gasteiger charge is -2.21. The first kappa shape index (κ1) is 18.5. The summed E-state index contributed by atoms with van der Waals surface area (Å²) in [7, 11) is 0. The zero-order valence-electron chi connectivity index (χ0n) is 16.3. The molecule has 1 aliphatic rings. The van der Waals surface area contributed by atoms with E-state index in [0.29, 0.717) is 6.61 Å². The lowest BCUT2D eigenvalue weighted by molar-refractivity contribution is -0.143. The van der Waals surface area contributed by atoms with Gasteiger partial charge in [-0.1, -0.05) is 84.9 Å². The Morgan fingerprint density at radius 1 is 0.893 bits per heavy atom. The Labute approximate surface area is 166 Å². The predicted octanol–water partition coefficient (Wildman–Crippen LogP) is 5.07. The van der Waals surface area contributed by atoms with Crippen LogP contribution in [0.1, 0.15) is 41.3 Å². The molecule has 0 radical (unpaired) electrons. The number of hydrogen-bond acceptors (Lipinski definition) is 3. The van der Waals surface area contributed by atoms with E-state index in [1.807, 2.05) is 31.2 Å². The van der Waals surface area contributed by atoms with Crippen molar-refractivity contribution in [2.45, 2.75) is 32.0 Å². The monoisotopic (exact) mass is 371 g/mol. The van der Waals surface area contributed by atoms with E-state index >= 15 is 0 Å². The molecular formula is C25H25NO2. The summed E-state index contributed by atoms with van der Waals surface area (Å²) in [5.41, 5.74) is 4.75. The van der Waals surface area contributed by atoms with Crippen molar-refractivity contribution >= 4 is 5.97 Å². The molecule has 3 atom stereocenters. The van der Waals surface area contributed by atoms with E-state index in [2.05, 4.69) is 72.5 Å². The van der Waals surface area contributed by atoms with Crippen molar-refractivity contribution < 1.29 is 9.53 Å². The SMILES string of the molecule is CCOC(=O)[C@H]1[C@H](c2ccccc2C)N1C(c1ccccc1)c1ccccc1. The van der Waals surface area contributed by atoms with Gasteiger partial charge < -0.3 is 4.74 Å². The maximum atomic E-state index is 12.8. The van der Waals surface area contributed by atoms with Crippen LogP contribution >= 0.6 is 0 Å². The van der Waals surface area contributed by atoms with Crippen molar-refractivity contribution in [1.82, 2.24) is 4.90 Å². The zero-order valence-corrected chi connectivity index (χ0v) is 16.3. The summed E-state index contributed by atoms with van der Waals surface area (Å²) in [4.78, 5) is 15.1. The van der Waals surface area contributed by atoms with Crippen molar-refractivity contribution in [2.24, 2.45) is 0 Å². The summed E-state index contributed by atoms with van der Waals surface area (Å²) in [6.07, 6.45) is 0. The van der Waals surface area contributed by atoms with Gasteiger partial charge in [-0.2, -0.15) is 0 Å². The minimum absolute atomic E-state index is 0.00131. The van der Waals surface area contributed by atoms with Crippen molar-refractivity contribution in [3.63, 3.8) is 0 Å². The first-order chi connectivity index (χ1) is 13.7. The van der Waals surface area contributed by atoms with Gasteiger partial charge in [0.15, 0.2) is 0 Å². The quantitative estimate of drug-likeness (QED) is 0.447. The maximum Gasteiger partial charge on any atom is 0.325 e. The standard InChI is InChI=1S/C25H25NO2/c1-3-28-25(27)24-23(21-17-11-10-12-18(21)2)26(24)22(19-13-6-4-7-14-19)20-15-8-5-9-16-20/h4-17,22-24H,3H2,1-2H3/t23-,24+,26?/m0/s1. The highest BCUT2D eigenvalue weighted by Crippen LogP contribution is 2.52. The molecule has 0 bridgehead atoms. The highest BCUT2D eigenvalue weighted by atomic mass is 16.5. The molecule has 28 heavy (non-hydrogen) atoms. The highest BCUT2D eigenvalue weighted by Gasteiger charge is 2.58. The van der Waals surface area contributed by atoms with Crippen molar-refractivity contribution in [3.8, 4) is 0 Å². The van der Waals surface area contributed by atoms with Crippen LogP contribution in [0.3, 0.4) is 0 Å². The summed E-state index contributed by atoms with van der Waals surface area (Å²) in [6, 6.07) is 28.8. The van der Waals surface area contributed by atoms with E-state index in [1.54, 1.807) is 0 Å². The van der Waals surface area contributed by atoms with E-state index in [9.17, 15) is 4.79 Å². The van der Waals surface area contributed by atoms with Crippen LogP contribution in [0.25, 0.3) is 0 Å². The van der Waals surface area contributed by atoms with Gasteiger partial charge in [0.25, 0.3) is 0 Å². The topological polar surface area (TPSA) is 29.3 Å². The molecule has 1 aliphatic heterocycles. The number of benzene rings is 3. The van der Waals surface area contributed by atoms with Crippen LogP contribution in [-0.4, -0.2) is 23.5 Å². The van der Waals surface area contributed by atoms with E-state index < -0.39 is 0 Å². The third kappa shape index (κ3) is 3.46. The molecule has 3 aromatic carbocycles. The second kappa shape index (κ2) is 7.99. The molecule has 0 aromatic heterocycles. The van der Waals surface area contributed by atoms with Crippen molar-refractivity contribution in [3.05, 3.63) is 107 Å². The minimum Gasteiger partial charge on any atom is -0.465 e.